The van der Waals surface area contributed by atoms with Crippen LogP contribution in [0.25, 0.3) is 0 Å². The number of nitrogens with zero attached hydrogens (tertiary/aromatic N) is 1. The van der Waals surface area contributed by atoms with Gasteiger partial charge in [-0.05, 0) is 43.7 Å². The van der Waals surface area contributed by atoms with Crippen LogP contribution in [0.3, 0.4) is 0 Å². The van der Waals surface area contributed by atoms with Gasteiger partial charge in [-0.15, -0.1) is 0 Å². The molecule has 3 nitrogen and oxygen atoms in total. The lowest BCUT2D eigenvalue weighted by Gasteiger charge is -2.14. The summed E-state index contributed by atoms with van der Waals surface area (Å²) in [5, 5.41) is 7.00. The molecule has 2 N–H and O–H groups in total. The lowest BCUT2D eigenvalue weighted by Crippen LogP contribution is -2.40. The summed E-state index contributed by atoms with van der Waals surface area (Å²) in [5.41, 5.74) is 0.266. The summed E-state index contributed by atoms with van der Waals surface area (Å²) in [4.78, 5) is 4.33. The van der Waals surface area contributed by atoms with E-state index >= 15 is 0 Å². The zero-order valence-corrected chi connectivity index (χ0v) is 13.0. The third-order valence-electron chi connectivity index (χ3n) is 3.28. The second kappa shape index (κ2) is 8.22. The molecule has 1 aromatic carbocycles. The van der Waals surface area contributed by atoms with Crippen molar-refractivity contribution in [3.63, 3.8) is 0 Å². The maximum atomic E-state index is 13.6. The fraction of sp³-hybridized carbons (Fsp3) is 0.533. The Hall–Kier alpha value is -1.30. The minimum atomic E-state index is -0.443. The molecule has 21 heavy (non-hydrogen) atoms. The Labute approximate surface area is 128 Å². The number of rotatable bonds is 5. The van der Waals surface area contributed by atoms with E-state index in [-0.39, 0.29) is 12.1 Å². The van der Waals surface area contributed by atoms with Gasteiger partial charge in [-0.1, -0.05) is 0 Å². The van der Waals surface area contributed by atoms with Gasteiger partial charge in [0.1, 0.15) is 11.6 Å². The highest BCUT2D eigenvalue weighted by molar-refractivity contribution is 8.00. The van der Waals surface area contributed by atoms with Gasteiger partial charge in [-0.25, -0.2) is 13.8 Å². The van der Waals surface area contributed by atoms with Crippen LogP contribution in [0.15, 0.2) is 23.2 Å². The standard InChI is InChI=1S/C15H21F2N3S/c1-2-18-15(20-10-13-4-3-7-21-13)19-9-11-8-12(16)5-6-14(11)17/h5-6,8,13H,2-4,7,9-10H2,1H3,(H2,18,19,20). The molecular weight excluding hydrogens is 292 g/mol. The largest absolute Gasteiger partial charge is 0.357 e. The van der Waals surface area contributed by atoms with E-state index in [4.69, 9.17) is 0 Å². The number of aliphatic imine (C=N–C) groups is 1. The zero-order valence-electron chi connectivity index (χ0n) is 12.2. The van der Waals surface area contributed by atoms with E-state index in [9.17, 15) is 8.78 Å². The summed E-state index contributed by atoms with van der Waals surface area (Å²) in [5.74, 6) is 0.993. The van der Waals surface area contributed by atoms with Crippen molar-refractivity contribution in [3.05, 3.63) is 35.4 Å². The van der Waals surface area contributed by atoms with Crippen LogP contribution in [0.5, 0.6) is 0 Å². The van der Waals surface area contributed by atoms with E-state index in [0.717, 1.165) is 25.2 Å². The van der Waals surface area contributed by atoms with Gasteiger partial charge in [0.2, 0.25) is 0 Å². The topological polar surface area (TPSA) is 36.4 Å². The molecule has 1 atom stereocenters. The molecule has 0 radical (unpaired) electrons. The molecule has 1 aliphatic rings. The molecule has 1 unspecified atom stereocenters. The summed E-state index contributed by atoms with van der Waals surface area (Å²) in [6.45, 7) is 3.68. The fourth-order valence-electron chi connectivity index (χ4n) is 2.19. The normalized spacial score (nSPS) is 18.8. The first kappa shape index (κ1) is 16.1. The average Bonchev–Trinajstić information content (AvgIpc) is 2.98. The maximum Gasteiger partial charge on any atom is 0.191 e. The number of benzene rings is 1. The molecule has 1 heterocycles. The van der Waals surface area contributed by atoms with Crippen LogP contribution >= 0.6 is 11.8 Å². The number of halogens is 2. The molecule has 116 valence electrons. The van der Waals surface area contributed by atoms with Gasteiger partial charge in [0.25, 0.3) is 0 Å². The molecule has 0 saturated carbocycles. The minimum Gasteiger partial charge on any atom is -0.357 e. The van der Waals surface area contributed by atoms with Crippen molar-refractivity contribution in [2.24, 2.45) is 4.99 Å². The molecule has 6 heteroatoms. The molecule has 0 amide bonds. The van der Waals surface area contributed by atoms with Gasteiger partial charge in [0, 0.05) is 23.9 Å². The van der Waals surface area contributed by atoms with Gasteiger partial charge in [-0.2, -0.15) is 11.8 Å². The highest BCUT2D eigenvalue weighted by atomic mass is 32.2. The fourth-order valence-corrected chi connectivity index (χ4v) is 3.39. The first-order valence-corrected chi connectivity index (χ1v) is 8.31. The first-order valence-electron chi connectivity index (χ1n) is 7.26. The Morgan fingerprint density at radius 2 is 2.24 bits per heavy atom. The van der Waals surface area contributed by atoms with Gasteiger partial charge in [-0.3, -0.25) is 0 Å². The van der Waals surface area contributed by atoms with Crippen LogP contribution in [0.1, 0.15) is 25.3 Å². The predicted octanol–water partition coefficient (Wildman–Crippen LogP) is 2.92. The lowest BCUT2D eigenvalue weighted by molar-refractivity contribution is 0.585. The van der Waals surface area contributed by atoms with E-state index in [2.05, 4.69) is 15.6 Å². The molecule has 0 aromatic heterocycles. The summed E-state index contributed by atoms with van der Waals surface area (Å²) in [6.07, 6.45) is 2.48. The highest BCUT2D eigenvalue weighted by Gasteiger charge is 2.15. The van der Waals surface area contributed by atoms with Crippen LogP contribution in [-0.2, 0) is 6.54 Å². The number of hydrogen-bond acceptors (Lipinski definition) is 2. The molecule has 1 saturated heterocycles. The third-order valence-corrected chi connectivity index (χ3v) is 4.68. The van der Waals surface area contributed by atoms with Gasteiger partial charge in [0.15, 0.2) is 5.96 Å². The molecule has 1 fully saturated rings. The Morgan fingerprint density at radius 1 is 1.38 bits per heavy atom. The van der Waals surface area contributed by atoms with Crippen molar-refractivity contribution in [1.82, 2.24) is 10.6 Å². The van der Waals surface area contributed by atoms with Gasteiger partial charge < -0.3 is 10.6 Å². The van der Waals surface area contributed by atoms with E-state index in [1.54, 1.807) is 0 Å². The zero-order chi connectivity index (χ0) is 15.1. The summed E-state index contributed by atoms with van der Waals surface area (Å²) in [6, 6.07) is 3.44. The van der Waals surface area contributed by atoms with E-state index in [1.165, 1.54) is 24.7 Å². The van der Waals surface area contributed by atoms with Crippen molar-refractivity contribution < 1.29 is 8.78 Å². The van der Waals surface area contributed by atoms with Crippen LogP contribution in [0, 0.1) is 11.6 Å². The second-order valence-electron chi connectivity index (χ2n) is 4.95. The highest BCUT2D eigenvalue weighted by Crippen LogP contribution is 2.25. The van der Waals surface area contributed by atoms with E-state index in [0.29, 0.717) is 11.2 Å². The number of thioether (sulfide) groups is 1. The van der Waals surface area contributed by atoms with Crippen LogP contribution in [0.2, 0.25) is 0 Å². The quantitative estimate of drug-likeness (QED) is 0.648. The van der Waals surface area contributed by atoms with Crippen molar-refractivity contribution in [1.29, 1.82) is 0 Å². The summed E-state index contributed by atoms with van der Waals surface area (Å²) in [7, 11) is 0. The molecule has 0 spiro atoms. The molecule has 2 rings (SSSR count). The predicted molar refractivity (Wildman–Crippen MR) is 84.7 cm³/mol. The van der Waals surface area contributed by atoms with E-state index < -0.39 is 11.6 Å². The number of hydrogen-bond donors (Lipinski definition) is 2. The van der Waals surface area contributed by atoms with Crippen molar-refractivity contribution >= 4 is 17.7 Å². The Bertz CT molecular complexity index is 488. The van der Waals surface area contributed by atoms with Crippen LogP contribution in [0.4, 0.5) is 8.78 Å². The molecule has 1 aromatic rings. The SMILES string of the molecule is CCNC(=NCc1cc(F)ccc1F)NCC1CCCS1. The monoisotopic (exact) mass is 313 g/mol. The van der Waals surface area contributed by atoms with Crippen LogP contribution in [-0.4, -0.2) is 30.1 Å². The third kappa shape index (κ3) is 5.19. The summed E-state index contributed by atoms with van der Waals surface area (Å²) >= 11 is 1.97. The maximum absolute atomic E-state index is 13.6. The van der Waals surface area contributed by atoms with Gasteiger partial charge in [0.05, 0.1) is 6.54 Å². The Balaban J connectivity index is 1.94. The lowest BCUT2D eigenvalue weighted by atomic mass is 10.2. The molecule has 1 aliphatic heterocycles. The average molecular weight is 313 g/mol. The van der Waals surface area contributed by atoms with Gasteiger partial charge >= 0.3 is 0 Å². The van der Waals surface area contributed by atoms with Crippen molar-refractivity contribution in [3.8, 4) is 0 Å². The summed E-state index contributed by atoms with van der Waals surface area (Å²) < 4.78 is 26.7. The smallest absolute Gasteiger partial charge is 0.191 e. The van der Waals surface area contributed by atoms with Crippen molar-refractivity contribution in [2.45, 2.75) is 31.6 Å². The molecule has 0 aliphatic carbocycles. The molecular formula is C15H21F2N3S. The number of guanidine groups is 1. The first-order chi connectivity index (χ1) is 10.2. The Kier molecular flexibility index (Phi) is 6.29. The Morgan fingerprint density at radius 3 is 2.95 bits per heavy atom. The second-order valence-corrected chi connectivity index (χ2v) is 6.36. The van der Waals surface area contributed by atoms with Crippen LogP contribution < -0.4 is 10.6 Å². The van der Waals surface area contributed by atoms with Crippen molar-refractivity contribution in [2.75, 3.05) is 18.8 Å². The number of nitrogens with one attached hydrogen (secondary N) is 2. The minimum absolute atomic E-state index is 0.122. The van der Waals surface area contributed by atoms with E-state index in [1.807, 2.05) is 18.7 Å². The molecule has 0 bridgehead atoms.